The van der Waals surface area contributed by atoms with Crippen LogP contribution in [0, 0.1) is 5.82 Å². The standard InChI is InChI=1S/C22H16F4N4O4/c23-13-3-1-12(2-4-13)9-19(31)30-21(33)29-17-6-5-14(10-16(17)22(24,25)26)34-15-7-8-28-18(11-15)20(27)32/h1-8,10-11H,9H2,(H2,27,32)(H2,29,30,31,33). The fourth-order valence-electron chi connectivity index (χ4n) is 2.79. The van der Waals surface area contributed by atoms with Gasteiger partial charge in [-0.25, -0.2) is 9.18 Å². The van der Waals surface area contributed by atoms with Gasteiger partial charge in [-0.2, -0.15) is 13.2 Å². The molecule has 2 aromatic carbocycles. The van der Waals surface area contributed by atoms with Crippen LogP contribution in [-0.2, 0) is 17.4 Å². The quantitative estimate of drug-likeness (QED) is 0.464. The van der Waals surface area contributed by atoms with E-state index in [1.165, 1.54) is 24.4 Å². The number of alkyl halides is 3. The number of halogens is 4. The van der Waals surface area contributed by atoms with Crippen LogP contribution in [0.15, 0.2) is 60.8 Å². The van der Waals surface area contributed by atoms with E-state index in [-0.39, 0.29) is 23.6 Å². The highest BCUT2D eigenvalue weighted by Crippen LogP contribution is 2.38. The summed E-state index contributed by atoms with van der Waals surface area (Å²) >= 11 is 0. The maximum Gasteiger partial charge on any atom is 0.418 e. The van der Waals surface area contributed by atoms with E-state index in [0.29, 0.717) is 11.6 Å². The molecule has 34 heavy (non-hydrogen) atoms. The van der Waals surface area contributed by atoms with Crippen LogP contribution in [0.25, 0.3) is 0 Å². The van der Waals surface area contributed by atoms with Gasteiger partial charge in [0, 0.05) is 12.3 Å². The third-order valence-corrected chi connectivity index (χ3v) is 4.30. The van der Waals surface area contributed by atoms with Gasteiger partial charge >= 0.3 is 12.2 Å². The molecular formula is C22H16F4N4O4. The molecule has 3 aromatic rings. The van der Waals surface area contributed by atoms with E-state index in [9.17, 15) is 31.9 Å². The van der Waals surface area contributed by atoms with Crippen LogP contribution in [0.2, 0.25) is 0 Å². The van der Waals surface area contributed by atoms with Crippen LogP contribution in [0.5, 0.6) is 11.5 Å². The van der Waals surface area contributed by atoms with E-state index in [4.69, 9.17) is 10.5 Å². The van der Waals surface area contributed by atoms with Crippen LogP contribution in [0.1, 0.15) is 21.6 Å². The van der Waals surface area contributed by atoms with Crippen molar-refractivity contribution in [3.63, 3.8) is 0 Å². The zero-order valence-corrected chi connectivity index (χ0v) is 17.2. The molecule has 0 aliphatic heterocycles. The second-order valence-electron chi connectivity index (χ2n) is 6.85. The van der Waals surface area contributed by atoms with Gasteiger partial charge in [0.05, 0.1) is 17.7 Å². The zero-order valence-electron chi connectivity index (χ0n) is 17.2. The molecule has 0 saturated heterocycles. The predicted octanol–water partition coefficient (Wildman–Crippen LogP) is 4.02. The summed E-state index contributed by atoms with van der Waals surface area (Å²) in [7, 11) is 0. The summed E-state index contributed by atoms with van der Waals surface area (Å²) < 4.78 is 59.0. The average Bonchev–Trinajstić information content (AvgIpc) is 2.75. The number of carbonyl (C=O) groups excluding carboxylic acids is 3. The summed E-state index contributed by atoms with van der Waals surface area (Å²) in [6, 6.07) is 8.93. The lowest BCUT2D eigenvalue weighted by Crippen LogP contribution is -2.35. The number of hydrogen-bond acceptors (Lipinski definition) is 5. The number of rotatable bonds is 6. The summed E-state index contributed by atoms with van der Waals surface area (Å²) in [5.74, 6) is -2.39. The molecule has 0 fully saturated rings. The molecule has 0 aliphatic carbocycles. The van der Waals surface area contributed by atoms with E-state index in [0.717, 1.165) is 30.3 Å². The van der Waals surface area contributed by atoms with E-state index in [1.807, 2.05) is 10.6 Å². The van der Waals surface area contributed by atoms with Crippen molar-refractivity contribution in [3.8, 4) is 11.5 Å². The number of ether oxygens (including phenoxy) is 1. The van der Waals surface area contributed by atoms with Crippen molar-refractivity contribution in [2.24, 2.45) is 5.73 Å². The molecule has 0 aliphatic rings. The second-order valence-corrected chi connectivity index (χ2v) is 6.85. The number of nitrogens with one attached hydrogen (secondary N) is 2. The van der Waals surface area contributed by atoms with Crippen molar-refractivity contribution in [3.05, 3.63) is 83.4 Å². The van der Waals surface area contributed by atoms with Crippen LogP contribution >= 0.6 is 0 Å². The van der Waals surface area contributed by atoms with E-state index < -0.39 is 41.1 Å². The number of hydrogen-bond donors (Lipinski definition) is 3. The number of urea groups is 1. The maximum absolute atomic E-state index is 13.6. The summed E-state index contributed by atoms with van der Waals surface area (Å²) in [5.41, 5.74) is 3.51. The Bertz CT molecular complexity index is 1230. The number of benzene rings is 2. The topological polar surface area (TPSA) is 123 Å². The number of imide groups is 1. The van der Waals surface area contributed by atoms with E-state index in [1.54, 1.807) is 0 Å². The Balaban J connectivity index is 1.73. The molecule has 0 atom stereocenters. The first-order valence-electron chi connectivity index (χ1n) is 9.51. The van der Waals surface area contributed by atoms with E-state index >= 15 is 0 Å². The SMILES string of the molecule is NC(=O)c1cc(Oc2ccc(NC(=O)NC(=O)Cc3ccc(F)cc3)c(C(F)(F)F)c2)ccn1. The molecule has 0 saturated carbocycles. The molecule has 12 heteroatoms. The van der Waals surface area contributed by atoms with Crippen molar-refractivity contribution in [2.45, 2.75) is 12.6 Å². The van der Waals surface area contributed by atoms with Gasteiger partial charge in [0.15, 0.2) is 0 Å². The van der Waals surface area contributed by atoms with Crippen molar-refractivity contribution >= 4 is 23.5 Å². The number of pyridine rings is 1. The Morgan fingerprint density at radius 2 is 1.65 bits per heavy atom. The van der Waals surface area contributed by atoms with Crippen molar-refractivity contribution in [2.75, 3.05) is 5.32 Å². The number of nitrogens with zero attached hydrogens (tertiary/aromatic N) is 1. The van der Waals surface area contributed by atoms with Gasteiger partial charge < -0.3 is 15.8 Å². The van der Waals surface area contributed by atoms with Crippen LogP contribution in [0.4, 0.5) is 28.0 Å². The summed E-state index contributed by atoms with van der Waals surface area (Å²) in [6.45, 7) is 0. The highest BCUT2D eigenvalue weighted by molar-refractivity contribution is 6.02. The smallest absolute Gasteiger partial charge is 0.418 e. The highest BCUT2D eigenvalue weighted by atomic mass is 19.4. The number of primary amides is 1. The lowest BCUT2D eigenvalue weighted by molar-refractivity contribution is -0.137. The van der Waals surface area contributed by atoms with E-state index in [2.05, 4.69) is 4.98 Å². The molecule has 8 nitrogen and oxygen atoms in total. The lowest BCUT2D eigenvalue weighted by atomic mass is 10.1. The summed E-state index contributed by atoms with van der Waals surface area (Å²) in [4.78, 5) is 38.9. The zero-order chi connectivity index (χ0) is 24.9. The van der Waals surface area contributed by atoms with Gasteiger partial charge in [-0.3, -0.25) is 19.9 Å². The molecule has 4 amide bonds. The molecule has 176 valence electrons. The average molecular weight is 476 g/mol. The lowest BCUT2D eigenvalue weighted by Gasteiger charge is -2.16. The Morgan fingerprint density at radius 1 is 0.971 bits per heavy atom. The summed E-state index contributed by atoms with van der Waals surface area (Å²) in [5, 5.41) is 3.89. The molecule has 4 N–H and O–H groups in total. The molecule has 0 unspecified atom stereocenters. The number of anilines is 1. The number of amides is 4. The molecule has 1 heterocycles. The first kappa shape index (κ1) is 24.2. The van der Waals surface area contributed by atoms with Crippen molar-refractivity contribution in [1.29, 1.82) is 0 Å². The first-order valence-corrected chi connectivity index (χ1v) is 9.51. The minimum absolute atomic E-state index is 0.0155. The van der Waals surface area contributed by atoms with Crippen LogP contribution in [0.3, 0.4) is 0 Å². The van der Waals surface area contributed by atoms with Gasteiger partial charge in [-0.1, -0.05) is 12.1 Å². The first-order chi connectivity index (χ1) is 16.0. The third-order valence-electron chi connectivity index (χ3n) is 4.30. The minimum atomic E-state index is -4.88. The van der Waals surface area contributed by atoms with Gasteiger partial charge in [-0.15, -0.1) is 0 Å². The summed E-state index contributed by atoms with van der Waals surface area (Å²) in [6.07, 6.45) is -3.97. The third kappa shape index (κ3) is 6.51. The Morgan fingerprint density at radius 3 is 2.29 bits per heavy atom. The van der Waals surface area contributed by atoms with Gasteiger partial charge in [0.1, 0.15) is 23.0 Å². The molecule has 0 radical (unpaired) electrons. The Kier molecular flexibility index (Phi) is 7.09. The Hall–Kier alpha value is -4.48. The largest absolute Gasteiger partial charge is 0.457 e. The van der Waals surface area contributed by atoms with Crippen LogP contribution in [-0.4, -0.2) is 22.8 Å². The Labute approximate surface area is 189 Å². The molecule has 0 bridgehead atoms. The number of carbonyl (C=O) groups is 3. The normalized spacial score (nSPS) is 10.9. The van der Waals surface area contributed by atoms with Gasteiger partial charge in [0.25, 0.3) is 5.91 Å². The monoisotopic (exact) mass is 476 g/mol. The minimum Gasteiger partial charge on any atom is -0.457 e. The van der Waals surface area contributed by atoms with Gasteiger partial charge in [-0.05, 0) is 42.0 Å². The van der Waals surface area contributed by atoms with Crippen molar-refractivity contribution < 1.29 is 36.7 Å². The fourth-order valence-corrected chi connectivity index (χ4v) is 2.79. The molecule has 1 aromatic heterocycles. The molecule has 0 spiro atoms. The predicted molar refractivity (Wildman–Crippen MR) is 112 cm³/mol. The fraction of sp³-hybridized carbons (Fsp3) is 0.0909. The molecular weight excluding hydrogens is 460 g/mol. The number of aromatic nitrogens is 1. The van der Waals surface area contributed by atoms with Crippen molar-refractivity contribution in [1.82, 2.24) is 10.3 Å². The maximum atomic E-state index is 13.6. The molecule has 3 rings (SSSR count). The van der Waals surface area contributed by atoms with Crippen LogP contribution < -0.4 is 21.1 Å². The number of nitrogens with two attached hydrogens (primary N) is 1. The second kappa shape index (κ2) is 9.98. The van der Waals surface area contributed by atoms with Gasteiger partial charge in [0.2, 0.25) is 5.91 Å². The highest BCUT2D eigenvalue weighted by Gasteiger charge is 2.34.